The maximum absolute atomic E-state index is 12.0. The summed E-state index contributed by atoms with van der Waals surface area (Å²) >= 11 is 6.09. The second-order valence-corrected chi connectivity index (χ2v) is 5.15. The van der Waals surface area contributed by atoms with E-state index in [9.17, 15) is 4.79 Å². The van der Waals surface area contributed by atoms with Gasteiger partial charge in [0.05, 0.1) is 24.9 Å². The highest BCUT2D eigenvalue weighted by Gasteiger charge is 2.12. The highest BCUT2D eigenvalue weighted by atomic mass is 35.5. The molecule has 0 fully saturated rings. The van der Waals surface area contributed by atoms with Crippen LogP contribution in [0.1, 0.15) is 10.4 Å². The van der Waals surface area contributed by atoms with Crippen molar-refractivity contribution in [3.63, 3.8) is 0 Å². The number of ether oxygens (including phenoxy) is 2. The predicted octanol–water partition coefficient (Wildman–Crippen LogP) is 3.41. The van der Waals surface area contributed by atoms with Gasteiger partial charge in [0, 0.05) is 30.4 Å². The molecule has 0 saturated carbocycles. The number of benzene rings is 1. The maximum atomic E-state index is 12.0. The lowest BCUT2D eigenvalue weighted by molar-refractivity contribution is 0.0958. The van der Waals surface area contributed by atoms with Crippen molar-refractivity contribution in [1.82, 2.24) is 10.3 Å². The Kier molecular flexibility index (Phi) is 6.03. The number of pyridine rings is 1. The number of hydrogen-bond acceptors (Lipinski definition) is 5. The van der Waals surface area contributed by atoms with Crippen molar-refractivity contribution in [3.05, 3.63) is 53.7 Å². The molecule has 6 nitrogen and oxygen atoms in total. The predicted molar refractivity (Wildman–Crippen MR) is 94.6 cm³/mol. The molecular formula is C17H18ClN3O3. The molecule has 0 bridgehead atoms. The largest absolute Gasteiger partial charge is 0.495 e. The fourth-order valence-corrected chi connectivity index (χ4v) is 2.23. The van der Waals surface area contributed by atoms with Gasteiger partial charge in [-0.15, -0.1) is 6.58 Å². The molecular weight excluding hydrogens is 330 g/mol. The first-order valence-corrected chi connectivity index (χ1v) is 7.50. The van der Waals surface area contributed by atoms with Gasteiger partial charge < -0.3 is 20.1 Å². The normalized spacial score (nSPS) is 9.96. The van der Waals surface area contributed by atoms with Gasteiger partial charge in [-0.3, -0.25) is 4.79 Å². The zero-order chi connectivity index (χ0) is 17.5. The summed E-state index contributed by atoms with van der Waals surface area (Å²) in [5, 5.41) is 6.25. The highest BCUT2D eigenvalue weighted by Crippen LogP contribution is 2.37. The van der Waals surface area contributed by atoms with Crippen LogP contribution < -0.4 is 20.1 Å². The van der Waals surface area contributed by atoms with E-state index in [1.807, 2.05) is 0 Å². The number of nitrogens with one attached hydrogen (secondary N) is 2. The van der Waals surface area contributed by atoms with Crippen LogP contribution in [0.25, 0.3) is 0 Å². The molecule has 24 heavy (non-hydrogen) atoms. The third kappa shape index (κ3) is 4.17. The molecule has 2 N–H and O–H groups in total. The van der Waals surface area contributed by atoms with Crippen molar-refractivity contribution in [2.75, 3.05) is 26.1 Å². The Morgan fingerprint density at radius 2 is 2.04 bits per heavy atom. The molecule has 1 aromatic carbocycles. The van der Waals surface area contributed by atoms with Crippen LogP contribution in [0.5, 0.6) is 11.5 Å². The summed E-state index contributed by atoms with van der Waals surface area (Å²) in [7, 11) is 3.07. The Balaban J connectivity index is 2.28. The number of hydrogen-bond donors (Lipinski definition) is 2. The van der Waals surface area contributed by atoms with Crippen LogP contribution in [-0.2, 0) is 0 Å². The standard InChI is InChI=1S/C17H18ClN3O3/c1-4-6-20-17(22)11-5-7-19-16(8-11)21-13-10-14(23-2)12(18)9-15(13)24-3/h4-5,7-10H,1,6H2,2-3H3,(H,19,21)(H,20,22). The Hall–Kier alpha value is -2.73. The molecule has 2 rings (SSSR count). The summed E-state index contributed by atoms with van der Waals surface area (Å²) in [5.74, 6) is 1.31. The molecule has 0 spiro atoms. The molecule has 2 aromatic rings. The maximum Gasteiger partial charge on any atom is 0.251 e. The van der Waals surface area contributed by atoms with Crippen molar-refractivity contribution in [2.45, 2.75) is 0 Å². The van der Waals surface area contributed by atoms with E-state index in [0.717, 1.165) is 0 Å². The fraction of sp³-hybridized carbons (Fsp3) is 0.176. The topological polar surface area (TPSA) is 72.5 Å². The van der Waals surface area contributed by atoms with Gasteiger partial charge in [-0.1, -0.05) is 17.7 Å². The smallest absolute Gasteiger partial charge is 0.251 e. The minimum absolute atomic E-state index is 0.207. The Bertz CT molecular complexity index is 750. The molecule has 0 aliphatic rings. The number of methoxy groups -OCH3 is 2. The van der Waals surface area contributed by atoms with E-state index in [-0.39, 0.29) is 5.91 Å². The van der Waals surface area contributed by atoms with Gasteiger partial charge >= 0.3 is 0 Å². The number of anilines is 2. The van der Waals surface area contributed by atoms with Crippen LogP contribution in [0.4, 0.5) is 11.5 Å². The summed E-state index contributed by atoms with van der Waals surface area (Å²) in [6, 6.07) is 6.61. The summed E-state index contributed by atoms with van der Waals surface area (Å²) < 4.78 is 10.5. The average molecular weight is 348 g/mol. The van der Waals surface area contributed by atoms with Crippen molar-refractivity contribution < 1.29 is 14.3 Å². The number of rotatable bonds is 7. The molecule has 7 heteroatoms. The number of amides is 1. The van der Waals surface area contributed by atoms with Gasteiger partial charge in [-0.2, -0.15) is 0 Å². The summed E-state index contributed by atoms with van der Waals surface area (Å²) in [6.45, 7) is 3.96. The number of aromatic nitrogens is 1. The monoisotopic (exact) mass is 347 g/mol. The molecule has 1 aromatic heterocycles. The number of carbonyl (C=O) groups excluding carboxylic acids is 1. The van der Waals surface area contributed by atoms with Gasteiger partial charge in [-0.05, 0) is 12.1 Å². The minimum Gasteiger partial charge on any atom is -0.495 e. The lowest BCUT2D eigenvalue weighted by atomic mass is 10.2. The minimum atomic E-state index is -0.207. The van der Waals surface area contributed by atoms with E-state index in [1.54, 1.807) is 36.5 Å². The Morgan fingerprint density at radius 3 is 2.71 bits per heavy atom. The number of carbonyl (C=O) groups is 1. The summed E-state index contributed by atoms with van der Waals surface area (Å²) in [6.07, 6.45) is 3.16. The quantitative estimate of drug-likeness (QED) is 0.751. The first-order chi connectivity index (χ1) is 11.6. The van der Waals surface area contributed by atoms with Gasteiger partial charge in [-0.25, -0.2) is 4.98 Å². The molecule has 1 amide bonds. The molecule has 126 valence electrons. The van der Waals surface area contributed by atoms with E-state index >= 15 is 0 Å². The molecule has 0 aliphatic heterocycles. The van der Waals surface area contributed by atoms with Crippen LogP contribution in [0.15, 0.2) is 43.1 Å². The molecule has 0 atom stereocenters. The van der Waals surface area contributed by atoms with Gasteiger partial charge in [0.2, 0.25) is 0 Å². The Labute approximate surface area is 145 Å². The van der Waals surface area contributed by atoms with Crippen LogP contribution in [-0.4, -0.2) is 31.7 Å². The van der Waals surface area contributed by atoms with Gasteiger partial charge in [0.25, 0.3) is 5.91 Å². The van der Waals surface area contributed by atoms with E-state index in [2.05, 4.69) is 22.2 Å². The average Bonchev–Trinajstić information content (AvgIpc) is 2.60. The third-order valence-corrected chi connectivity index (χ3v) is 3.46. The van der Waals surface area contributed by atoms with Crippen LogP contribution in [0, 0.1) is 0 Å². The van der Waals surface area contributed by atoms with E-state index in [1.165, 1.54) is 14.2 Å². The van der Waals surface area contributed by atoms with Crippen molar-refractivity contribution in [3.8, 4) is 11.5 Å². The van der Waals surface area contributed by atoms with Crippen molar-refractivity contribution in [2.24, 2.45) is 0 Å². The third-order valence-electron chi connectivity index (χ3n) is 3.17. The van der Waals surface area contributed by atoms with E-state index in [4.69, 9.17) is 21.1 Å². The second-order valence-electron chi connectivity index (χ2n) is 4.74. The first-order valence-electron chi connectivity index (χ1n) is 7.12. The number of halogens is 1. The number of nitrogens with zero attached hydrogens (tertiary/aromatic N) is 1. The van der Waals surface area contributed by atoms with Crippen LogP contribution in [0.3, 0.4) is 0 Å². The second kappa shape index (κ2) is 8.21. The van der Waals surface area contributed by atoms with Crippen molar-refractivity contribution in [1.29, 1.82) is 0 Å². The summed E-state index contributed by atoms with van der Waals surface area (Å²) in [4.78, 5) is 16.2. The fourth-order valence-electron chi connectivity index (χ4n) is 2.00. The molecule has 0 radical (unpaired) electrons. The summed E-state index contributed by atoms with van der Waals surface area (Å²) in [5.41, 5.74) is 1.10. The molecule has 0 saturated heterocycles. The molecule has 1 heterocycles. The lowest BCUT2D eigenvalue weighted by Gasteiger charge is -2.14. The van der Waals surface area contributed by atoms with Gasteiger partial charge in [0.1, 0.15) is 17.3 Å². The zero-order valence-corrected chi connectivity index (χ0v) is 14.2. The Morgan fingerprint density at radius 1 is 1.29 bits per heavy atom. The highest BCUT2D eigenvalue weighted by molar-refractivity contribution is 6.32. The van der Waals surface area contributed by atoms with E-state index in [0.29, 0.717) is 40.1 Å². The first kappa shape index (κ1) is 17.6. The van der Waals surface area contributed by atoms with E-state index < -0.39 is 0 Å². The zero-order valence-electron chi connectivity index (χ0n) is 13.4. The SMILES string of the molecule is C=CCNC(=O)c1ccnc(Nc2cc(OC)c(Cl)cc2OC)c1. The lowest BCUT2D eigenvalue weighted by Crippen LogP contribution is -2.23. The van der Waals surface area contributed by atoms with Crippen LogP contribution >= 0.6 is 11.6 Å². The van der Waals surface area contributed by atoms with Crippen molar-refractivity contribution >= 4 is 29.0 Å². The molecule has 0 unspecified atom stereocenters. The van der Waals surface area contributed by atoms with Gasteiger partial charge in [0.15, 0.2) is 0 Å². The van der Waals surface area contributed by atoms with Crippen LogP contribution in [0.2, 0.25) is 5.02 Å². The molecule has 0 aliphatic carbocycles.